The second-order valence-corrected chi connectivity index (χ2v) is 35.5. The van der Waals surface area contributed by atoms with Crippen LogP contribution < -0.4 is 87.3 Å². The molecule has 0 aliphatic carbocycles. The number of carbonyl (C=O) groups is 5. The Morgan fingerprint density at radius 1 is 0.287 bits per heavy atom. The Kier molecular flexibility index (Phi) is 35.0. The van der Waals surface area contributed by atoms with Gasteiger partial charge in [0.1, 0.15) is 109 Å². The van der Waals surface area contributed by atoms with Crippen molar-refractivity contribution in [2.45, 2.75) is 158 Å². The lowest BCUT2D eigenvalue weighted by Crippen LogP contribution is -2.48. The second kappa shape index (κ2) is 48.1. The number of hydrogen-bond donors (Lipinski definition) is 2. The highest BCUT2D eigenvalue weighted by atomic mass is 19.2. The van der Waals surface area contributed by atoms with Crippen LogP contribution in [0.3, 0.4) is 0 Å². The lowest BCUT2D eigenvalue weighted by atomic mass is 10.1. The number of likely N-dealkylation sites (tertiary alicyclic amines) is 2. The molecule has 5 amide bonds. The normalized spacial score (nSPS) is 15.0. The lowest BCUT2D eigenvalue weighted by Gasteiger charge is -2.34. The molecule has 8 aliphatic heterocycles. The maximum Gasteiger partial charge on any atom is 0.352 e. The third kappa shape index (κ3) is 26.9. The fourth-order valence-corrected chi connectivity index (χ4v) is 17.2. The second-order valence-electron chi connectivity index (χ2n) is 35.5. The third-order valence-corrected chi connectivity index (χ3v) is 25.4. The molecule has 10 aromatic rings. The fourth-order valence-electron chi connectivity index (χ4n) is 17.2. The van der Waals surface area contributed by atoms with Crippen molar-refractivity contribution in [3.05, 3.63) is 258 Å². The van der Waals surface area contributed by atoms with Gasteiger partial charge < -0.3 is 78.3 Å². The topological polar surface area (TPSA) is 365 Å². The van der Waals surface area contributed by atoms with E-state index in [-0.39, 0.29) is 159 Å². The number of amides is 5. The first-order chi connectivity index (χ1) is 68.7. The van der Waals surface area contributed by atoms with Gasteiger partial charge in [0.05, 0.1) is 45.9 Å². The van der Waals surface area contributed by atoms with E-state index < -0.39 is 63.4 Å². The van der Waals surface area contributed by atoms with E-state index in [1.54, 1.807) is 96.9 Å². The number of carbonyl (C=O) groups excluding carboxylic acids is 5. The first-order valence-corrected chi connectivity index (χ1v) is 47.4. The lowest BCUT2D eigenvalue weighted by molar-refractivity contribution is -0.134. The Bertz CT molecular complexity index is 6580. The minimum absolute atomic E-state index is 0.0333. The van der Waals surface area contributed by atoms with E-state index in [4.69, 9.17) is 28.4 Å². The smallest absolute Gasteiger partial charge is 0.352 e. The van der Waals surface area contributed by atoms with Crippen LogP contribution >= 0.6 is 0 Å². The summed E-state index contributed by atoms with van der Waals surface area (Å²) in [5.41, 5.74) is 0.869. The van der Waals surface area contributed by atoms with Crippen molar-refractivity contribution in [3.63, 3.8) is 0 Å². The number of fused-ring (bicyclic) bond motifs is 5. The average molecular weight is 1990 g/mol. The monoisotopic (exact) mass is 1990 g/mol. The highest BCUT2D eigenvalue weighted by Crippen LogP contribution is 2.31. The number of ether oxygens (including phenoxy) is 6. The van der Waals surface area contributed by atoms with Crippen molar-refractivity contribution in [1.82, 2.24) is 73.1 Å². The summed E-state index contributed by atoms with van der Waals surface area (Å²) in [4.78, 5) is 158. The number of aromatic nitrogens is 10. The SMILES string of the molecule is CNC(=O)CN1CCCn2c1cc(OCc1cc(F)c(C)c(F)c1)nc2=O.CNC(=O)CN1CCCn2c1cc(OCc1ccc(C)c(F)c1)nc2=O.Cc1c(F)cc(COc2cc3n(c(=O)n2)CCCN3CC(=O)N2CCCC2)cc1F.Cc1c(F)cc(COc2cc3n(c(=O)n2)CCCN3CC(=O)N2CCOCC2)cc1F.Cc1ccc(COc2cc3n(c(=O)n2)CCCN3CC(=O)N2CCCC2)cc1F. The van der Waals surface area contributed by atoms with Crippen LogP contribution in [0.2, 0.25) is 0 Å². The molecule has 3 fully saturated rings. The summed E-state index contributed by atoms with van der Waals surface area (Å²) in [6.07, 6.45) is 7.84. The van der Waals surface area contributed by atoms with Crippen LogP contribution in [0.4, 0.5) is 64.2 Å². The fraction of sp³-hybridized carbons (Fsp3) is 0.444. The molecule has 0 bridgehead atoms. The summed E-state index contributed by atoms with van der Waals surface area (Å²) in [5, 5.41) is 5.13. The van der Waals surface area contributed by atoms with E-state index in [9.17, 15) is 83.1 Å². The predicted octanol–water partition coefficient (Wildman–Crippen LogP) is 8.41. The number of rotatable bonds is 25. The van der Waals surface area contributed by atoms with E-state index >= 15 is 0 Å². The minimum atomic E-state index is -0.663. The van der Waals surface area contributed by atoms with Crippen LogP contribution in [0.15, 0.2) is 127 Å². The zero-order valence-corrected chi connectivity index (χ0v) is 80.6. The number of benzene rings is 5. The van der Waals surface area contributed by atoms with Crippen molar-refractivity contribution in [3.8, 4) is 29.4 Å². The number of hydrogen-bond acceptors (Lipinski definition) is 26. The summed E-state index contributed by atoms with van der Waals surface area (Å²) in [5.74, 6) is -1.40. The molecule has 0 spiro atoms. The molecule has 0 unspecified atom stereocenters. The number of morpholine rings is 1. The molecule has 762 valence electrons. The van der Waals surface area contributed by atoms with Gasteiger partial charge in [0.15, 0.2) is 0 Å². The number of nitrogens with one attached hydrogen (secondary N) is 2. The van der Waals surface area contributed by atoms with Gasteiger partial charge in [0.2, 0.25) is 58.9 Å². The van der Waals surface area contributed by atoms with E-state index in [0.29, 0.717) is 167 Å². The molecule has 8 aliphatic rings. The van der Waals surface area contributed by atoms with Crippen molar-refractivity contribution < 1.29 is 87.5 Å². The summed E-state index contributed by atoms with van der Waals surface area (Å²) in [6, 6.07) is 25.0. The van der Waals surface area contributed by atoms with Crippen molar-refractivity contribution >= 4 is 58.6 Å². The molecule has 18 rings (SSSR count). The largest absolute Gasteiger partial charge is 0.473 e. The van der Waals surface area contributed by atoms with Gasteiger partial charge in [-0.1, -0.05) is 24.3 Å². The van der Waals surface area contributed by atoms with Gasteiger partial charge in [0.25, 0.3) is 0 Å². The Labute approximate surface area is 817 Å². The molecular formula is C99H114F8N20O16. The summed E-state index contributed by atoms with van der Waals surface area (Å²) in [6.45, 7) is 19.3. The molecule has 143 heavy (non-hydrogen) atoms. The summed E-state index contributed by atoms with van der Waals surface area (Å²) >= 11 is 0. The quantitative estimate of drug-likeness (QED) is 0.0507. The first-order valence-electron chi connectivity index (χ1n) is 47.4. The van der Waals surface area contributed by atoms with Crippen LogP contribution in [0.5, 0.6) is 29.4 Å². The first kappa shape index (κ1) is 104. The number of nitrogens with zero attached hydrogens (tertiary/aromatic N) is 18. The molecule has 13 heterocycles. The molecule has 0 radical (unpaired) electrons. The van der Waals surface area contributed by atoms with Gasteiger partial charge in [-0.25, -0.2) is 59.1 Å². The average Bonchev–Trinajstić information content (AvgIpc) is 1.28. The molecule has 3 saturated heterocycles. The highest BCUT2D eigenvalue weighted by Gasteiger charge is 2.32. The molecule has 5 aromatic carbocycles. The van der Waals surface area contributed by atoms with E-state index in [1.807, 2.05) is 29.4 Å². The third-order valence-electron chi connectivity index (χ3n) is 25.4. The van der Waals surface area contributed by atoms with Gasteiger partial charge in [-0.05, 0) is 180 Å². The van der Waals surface area contributed by atoms with E-state index in [1.165, 1.54) is 87.6 Å². The van der Waals surface area contributed by atoms with Gasteiger partial charge in [-0.3, -0.25) is 46.8 Å². The van der Waals surface area contributed by atoms with Gasteiger partial charge in [-0.2, -0.15) is 24.9 Å². The van der Waals surface area contributed by atoms with Crippen molar-refractivity contribution in [2.24, 2.45) is 0 Å². The molecule has 0 atom stereocenters. The van der Waals surface area contributed by atoms with Crippen LogP contribution in [0.1, 0.15) is 113 Å². The zero-order chi connectivity index (χ0) is 102. The zero-order valence-electron chi connectivity index (χ0n) is 80.6. The Hall–Kier alpha value is -14.8. The summed E-state index contributed by atoms with van der Waals surface area (Å²) in [7, 11) is 3.11. The van der Waals surface area contributed by atoms with E-state index in [2.05, 4.69) is 35.6 Å². The standard InChI is InChI=1S/C21H24F2N4O4.C21H24F2N4O3.C21H25FN4O3.C18H20F2N4O3.C18H21FN4O3/c1-14-16(22)9-15(10-17(14)23)13-31-18-11-19-26(3-2-4-27(19)21(29)24-18)12-20(28)25-5-7-30-8-6-25;1-14-16(22)9-15(10-17(14)23)13-30-18-11-19-26(7-4-8-27(19)21(29)24-18)12-20(28)25-5-2-3-6-25;1-15-5-6-16(11-17(15)22)14-29-18-12-19-25(9-4-10-26(19)21(28)23-18)13-20(27)24-7-2-3-8-24;1-11-13(19)6-12(7-14(11)20)10-27-16-8-17-23(9-15(25)21-2)4-3-5-24(17)18(26)22-16;1-12-4-5-13(8-14(12)19)11-26-16-9-17-22(10-15(24)20-2)6-3-7-23(17)18(25)21-16/h9-11H,2-8,12-13H2,1H3;9-11H,2-8,12-13H2,1H3;5-6,11-12H,2-4,7-10,13-14H2,1H3;6-8H,3-5,9-10H2,1-2H3,(H,21,25);4-5,8-9H,3,6-7,10-11H2,1-2H3,(H,20,24). The number of aryl methyl sites for hydroxylation is 2. The van der Waals surface area contributed by atoms with Crippen molar-refractivity contribution in [2.75, 3.05) is 157 Å². The van der Waals surface area contributed by atoms with Crippen LogP contribution in [-0.4, -0.2) is 224 Å². The number of halogens is 8. The highest BCUT2D eigenvalue weighted by molar-refractivity contribution is 5.84. The minimum Gasteiger partial charge on any atom is -0.473 e. The van der Waals surface area contributed by atoms with Crippen LogP contribution in [0.25, 0.3) is 0 Å². The molecule has 5 aromatic heterocycles. The van der Waals surface area contributed by atoms with E-state index in [0.717, 1.165) is 71.1 Å². The Balaban J connectivity index is 0.000000142. The Morgan fingerprint density at radius 2 is 0.510 bits per heavy atom. The van der Waals surface area contributed by atoms with Gasteiger partial charge >= 0.3 is 28.4 Å². The van der Waals surface area contributed by atoms with Crippen LogP contribution in [-0.2, 0) is 94.5 Å². The molecule has 44 heteroatoms. The maximum absolute atomic E-state index is 13.8. The maximum atomic E-state index is 13.8. The van der Waals surface area contributed by atoms with Crippen LogP contribution in [0, 0.1) is 81.2 Å². The van der Waals surface area contributed by atoms with Crippen molar-refractivity contribution in [1.29, 1.82) is 0 Å². The predicted molar refractivity (Wildman–Crippen MR) is 511 cm³/mol. The Morgan fingerprint density at radius 3 is 0.748 bits per heavy atom. The number of likely N-dealkylation sites (N-methyl/N-ethyl adjacent to an activating group) is 2. The van der Waals surface area contributed by atoms with Gasteiger partial charge in [-0.15, -0.1) is 0 Å². The summed E-state index contributed by atoms with van der Waals surface area (Å²) < 4.78 is 150. The molecule has 36 nitrogen and oxygen atoms in total. The molecule has 0 saturated carbocycles. The van der Waals surface area contributed by atoms with Gasteiger partial charge in [0, 0.05) is 166 Å². The molecular weight excluding hydrogens is 1880 g/mol. The number of anilines is 5. The molecule has 2 N–H and O–H groups in total.